The SMILES string of the molecule is C[SiH2]c1cccc(-n2ccc(C(F)(F)F)n2)n1. The molecule has 2 rings (SSSR count). The van der Waals surface area contributed by atoms with Gasteiger partial charge in [-0.15, -0.1) is 0 Å². The van der Waals surface area contributed by atoms with Gasteiger partial charge in [0.15, 0.2) is 11.5 Å². The van der Waals surface area contributed by atoms with Crippen LogP contribution < -0.4 is 5.32 Å². The van der Waals surface area contributed by atoms with Crippen LogP contribution in [0.1, 0.15) is 5.69 Å². The van der Waals surface area contributed by atoms with Gasteiger partial charge in [0.2, 0.25) is 0 Å². The first kappa shape index (κ1) is 11.8. The van der Waals surface area contributed by atoms with Crippen LogP contribution >= 0.6 is 0 Å². The Morgan fingerprint density at radius 2 is 2.00 bits per heavy atom. The first-order chi connectivity index (χ1) is 8.00. The molecule has 2 heterocycles. The van der Waals surface area contributed by atoms with Crippen molar-refractivity contribution in [2.24, 2.45) is 0 Å². The minimum atomic E-state index is -4.41. The van der Waals surface area contributed by atoms with Crippen LogP contribution in [0.3, 0.4) is 0 Å². The standard InChI is InChI=1S/C10H10F3N3Si/c1-17-9-4-2-3-8(14-9)16-6-5-7(15-16)10(11,12)13/h2-6H,17H2,1H3. The van der Waals surface area contributed by atoms with Crippen LogP contribution in [0, 0.1) is 0 Å². The number of aromatic nitrogens is 3. The van der Waals surface area contributed by atoms with Gasteiger partial charge in [-0.2, -0.15) is 18.3 Å². The summed E-state index contributed by atoms with van der Waals surface area (Å²) in [4.78, 5) is 4.25. The maximum atomic E-state index is 12.4. The first-order valence-electron chi connectivity index (χ1n) is 5.10. The zero-order chi connectivity index (χ0) is 12.5. The highest BCUT2D eigenvalue weighted by Crippen LogP contribution is 2.27. The van der Waals surface area contributed by atoms with E-state index in [1.54, 1.807) is 12.1 Å². The van der Waals surface area contributed by atoms with Crippen molar-refractivity contribution >= 4 is 14.8 Å². The fourth-order valence-corrected chi connectivity index (χ4v) is 2.09. The first-order valence-corrected chi connectivity index (χ1v) is 7.22. The highest BCUT2D eigenvalue weighted by Gasteiger charge is 2.33. The lowest BCUT2D eigenvalue weighted by Gasteiger charge is -2.03. The summed E-state index contributed by atoms with van der Waals surface area (Å²) >= 11 is 0. The smallest absolute Gasteiger partial charge is 0.239 e. The largest absolute Gasteiger partial charge is 0.435 e. The average Bonchev–Trinajstić information content (AvgIpc) is 2.78. The number of pyridine rings is 1. The third-order valence-corrected chi connectivity index (χ3v) is 3.39. The Hall–Kier alpha value is -1.63. The molecule has 0 spiro atoms. The molecule has 2 aromatic heterocycles. The third-order valence-electron chi connectivity index (χ3n) is 2.27. The van der Waals surface area contributed by atoms with Crippen LogP contribution in [0.2, 0.25) is 6.55 Å². The lowest BCUT2D eigenvalue weighted by atomic mass is 10.4. The Bertz CT molecular complexity index is 522. The van der Waals surface area contributed by atoms with Gasteiger partial charge in [-0.1, -0.05) is 12.6 Å². The molecule has 0 N–H and O–H groups in total. The van der Waals surface area contributed by atoms with Crippen LogP contribution in [0.25, 0.3) is 5.82 Å². The summed E-state index contributed by atoms with van der Waals surface area (Å²) in [6.45, 7) is 2.07. The van der Waals surface area contributed by atoms with Crippen LogP contribution in [0.15, 0.2) is 30.5 Å². The van der Waals surface area contributed by atoms with Crippen molar-refractivity contribution in [1.29, 1.82) is 0 Å². The van der Waals surface area contributed by atoms with E-state index in [4.69, 9.17) is 0 Å². The number of alkyl halides is 3. The number of nitrogens with zero attached hydrogens (tertiary/aromatic N) is 3. The number of halogens is 3. The summed E-state index contributed by atoms with van der Waals surface area (Å²) in [7, 11) is -0.430. The number of hydrogen-bond donors (Lipinski definition) is 0. The van der Waals surface area contributed by atoms with Crippen LogP contribution in [-0.4, -0.2) is 24.3 Å². The molecule has 3 nitrogen and oxygen atoms in total. The number of rotatable bonds is 2. The molecule has 0 aromatic carbocycles. The molecule has 0 amide bonds. The van der Waals surface area contributed by atoms with Gasteiger partial charge in [0, 0.05) is 11.5 Å². The summed E-state index contributed by atoms with van der Waals surface area (Å²) in [5.41, 5.74) is -0.904. The summed E-state index contributed by atoms with van der Waals surface area (Å²) in [5, 5.41) is 4.42. The van der Waals surface area contributed by atoms with Crippen molar-refractivity contribution in [3.05, 3.63) is 36.2 Å². The van der Waals surface area contributed by atoms with Gasteiger partial charge in [-0.3, -0.25) is 0 Å². The maximum Gasteiger partial charge on any atom is 0.435 e. The van der Waals surface area contributed by atoms with Crippen molar-refractivity contribution in [3.63, 3.8) is 0 Å². The fraction of sp³-hybridized carbons (Fsp3) is 0.200. The molecular formula is C10H10F3N3Si. The van der Waals surface area contributed by atoms with Crippen molar-refractivity contribution in [2.45, 2.75) is 12.7 Å². The van der Waals surface area contributed by atoms with E-state index in [2.05, 4.69) is 16.6 Å². The molecule has 0 radical (unpaired) electrons. The van der Waals surface area contributed by atoms with Gasteiger partial charge in [0.05, 0.1) is 9.52 Å². The van der Waals surface area contributed by atoms with Gasteiger partial charge < -0.3 is 0 Å². The molecule has 0 unspecified atom stereocenters. The van der Waals surface area contributed by atoms with Gasteiger partial charge in [-0.05, 0) is 18.2 Å². The van der Waals surface area contributed by atoms with E-state index in [9.17, 15) is 13.2 Å². The maximum absolute atomic E-state index is 12.4. The van der Waals surface area contributed by atoms with Gasteiger partial charge in [0.1, 0.15) is 0 Å². The van der Waals surface area contributed by atoms with E-state index in [1.165, 1.54) is 6.20 Å². The normalized spacial score (nSPS) is 12.5. The second kappa shape index (κ2) is 4.32. The Kier molecular flexibility index (Phi) is 3.01. The topological polar surface area (TPSA) is 30.7 Å². The minimum Gasteiger partial charge on any atom is -0.239 e. The van der Waals surface area contributed by atoms with E-state index in [0.29, 0.717) is 5.82 Å². The van der Waals surface area contributed by atoms with E-state index in [-0.39, 0.29) is 0 Å². The minimum absolute atomic E-state index is 0.423. The molecule has 0 atom stereocenters. The lowest BCUT2D eigenvalue weighted by molar-refractivity contribution is -0.141. The molecule has 0 saturated heterocycles. The molecule has 90 valence electrons. The summed E-state index contributed by atoms with van der Waals surface area (Å²) in [5.74, 6) is 0.423. The van der Waals surface area contributed by atoms with Crippen molar-refractivity contribution in [3.8, 4) is 5.82 Å². The molecule has 0 saturated carbocycles. The molecular weight excluding hydrogens is 247 g/mol. The quantitative estimate of drug-likeness (QED) is 0.755. The van der Waals surface area contributed by atoms with Gasteiger partial charge in [0.25, 0.3) is 0 Å². The summed E-state index contributed by atoms with van der Waals surface area (Å²) < 4.78 is 38.3. The Labute approximate surface area is 98.1 Å². The average molecular weight is 257 g/mol. The lowest BCUT2D eigenvalue weighted by Crippen LogP contribution is -2.17. The second-order valence-corrected chi connectivity index (χ2v) is 4.92. The predicted molar refractivity (Wildman–Crippen MR) is 60.4 cm³/mol. The molecule has 0 aliphatic heterocycles. The highest BCUT2D eigenvalue weighted by molar-refractivity contribution is 6.50. The Balaban J connectivity index is 2.37. The van der Waals surface area contributed by atoms with E-state index in [0.717, 1.165) is 16.1 Å². The molecule has 2 aromatic rings. The molecule has 0 bridgehead atoms. The van der Waals surface area contributed by atoms with Crippen LogP contribution in [-0.2, 0) is 6.18 Å². The molecule has 0 aliphatic rings. The van der Waals surface area contributed by atoms with Crippen LogP contribution in [0.5, 0.6) is 0 Å². The monoisotopic (exact) mass is 257 g/mol. The zero-order valence-electron chi connectivity index (χ0n) is 9.07. The van der Waals surface area contributed by atoms with Gasteiger partial charge in [-0.25, -0.2) is 9.67 Å². The fourth-order valence-electron chi connectivity index (χ4n) is 1.39. The van der Waals surface area contributed by atoms with Crippen LogP contribution in [0.4, 0.5) is 13.2 Å². The number of hydrogen-bond acceptors (Lipinski definition) is 2. The zero-order valence-corrected chi connectivity index (χ0v) is 10.5. The molecule has 0 aliphatic carbocycles. The van der Waals surface area contributed by atoms with Gasteiger partial charge >= 0.3 is 6.18 Å². The Morgan fingerprint density at radius 1 is 1.24 bits per heavy atom. The molecule has 7 heteroatoms. The molecule has 17 heavy (non-hydrogen) atoms. The predicted octanol–water partition coefficient (Wildman–Crippen LogP) is 1.13. The second-order valence-electron chi connectivity index (χ2n) is 3.48. The summed E-state index contributed by atoms with van der Waals surface area (Å²) in [6.07, 6.45) is -3.14. The third kappa shape index (κ3) is 2.55. The molecule has 0 fully saturated rings. The van der Waals surface area contributed by atoms with Crippen molar-refractivity contribution < 1.29 is 13.2 Å². The highest BCUT2D eigenvalue weighted by atomic mass is 28.2. The van der Waals surface area contributed by atoms with E-state index in [1.807, 2.05) is 6.07 Å². The Morgan fingerprint density at radius 3 is 2.59 bits per heavy atom. The van der Waals surface area contributed by atoms with Crippen molar-refractivity contribution in [2.75, 3.05) is 0 Å². The summed E-state index contributed by atoms with van der Waals surface area (Å²) in [6, 6.07) is 6.24. The van der Waals surface area contributed by atoms with E-state index < -0.39 is 21.4 Å². The van der Waals surface area contributed by atoms with Crippen molar-refractivity contribution in [1.82, 2.24) is 14.8 Å². The van der Waals surface area contributed by atoms with E-state index >= 15 is 0 Å².